The Morgan fingerprint density at radius 2 is 2.13 bits per heavy atom. The number of piperidine rings is 1. The van der Waals surface area contributed by atoms with Crippen LogP contribution in [0.25, 0.3) is 5.65 Å². The molecule has 3 rings (SSSR count). The molecule has 1 aliphatic heterocycles. The van der Waals surface area contributed by atoms with E-state index in [9.17, 15) is 13.2 Å². The van der Waals surface area contributed by atoms with E-state index in [4.69, 9.17) is 0 Å². The molecule has 1 N–H and O–H groups in total. The summed E-state index contributed by atoms with van der Waals surface area (Å²) in [5, 5.41) is 13.7. The fraction of sp³-hybridized carbons (Fsp3) is 0.643. The van der Waals surface area contributed by atoms with Crippen molar-refractivity contribution in [1.82, 2.24) is 24.7 Å². The molecule has 1 atom stereocenters. The third-order valence-corrected chi connectivity index (χ3v) is 3.99. The number of hydrogen-bond acceptors (Lipinski definition) is 5. The predicted molar refractivity (Wildman–Crippen MR) is 79.1 cm³/mol. The number of hydrogen-bond donors (Lipinski definition) is 1. The van der Waals surface area contributed by atoms with Gasteiger partial charge < -0.3 is 10.2 Å². The van der Waals surface area contributed by atoms with Crippen LogP contribution in [0.3, 0.4) is 0 Å². The molecule has 2 aromatic rings. The van der Waals surface area contributed by atoms with Crippen molar-refractivity contribution in [3.8, 4) is 0 Å². The topological polar surface area (TPSA) is 58.3 Å². The normalized spacial score (nSPS) is 20.1. The van der Waals surface area contributed by atoms with Gasteiger partial charge >= 0.3 is 6.18 Å². The standard InChI is InChI=1S/C14H19F3N6/c1-10-3-2-7-22(9-10)8-6-18-11-4-5-12-19-20-13(14(15,16)17)23(12)21-11/h4-5,10H,2-3,6-9H2,1H3,(H,18,21). The Morgan fingerprint density at radius 3 is 2.87 bits per heavy atom. The van der Waals surface area contributed by atoms with Crippen molar-refractivity contribution in [2.75, 3.05) is 31.5 Å². The minimum atomic E-state index is -4.57. The lowest BCUT2D eigenvalue weighted by Gasteiger charge is -2.30. The number of likely N-dealkylation sites (tertiary alicyclic amines) is 1. The van der Waals surface area contributed by atoms with Gasteiger partial charge in [0.05, 0.1) is 0 Å². The van der Waals surface area contributed by atoms with Crippen LogP contribution in [0.4, 0.5) is 19.0 Å². The molecule has 0 radical (unpaired) electrons. The lowest BCUT2D eigenvalue weighted by molar-refractivity contribution is -0.146. The number of nitrogens with zero attached hydrogens (tertiary/aromatic N) is 5. The summed E-state index contributed by atoms with van der Waals surface area (Å²) < 4.78 is 39.2. The van der Waals surface area contributed by atoms with Crippen molar-refractivity contribution in [2.45, 2.75) is 25.9 Å². The molecule has 1 unspecified atom stereocenters. The van der Waals surface area contributed by atoms with Crippen molar-refractivity contribution in [2.24, 2.45) is 5.92 Å². The van der Waals surface area contributed by atoms with Crippen molar-refractivity contribution in [3.05, 3.63) is 18.0 Å². The summed E-state index contributed by atoms with van der Waals surface area (Å²) in [5.74, 6) is -0.0292. The zero-order valence-electron chi connectivity index (χ0n) is 12.8. The molecule has 0 amide bonds. The second-order valence-electron chi connectivity index (χ2n) is 5.98. The molecule has 0 saturated carbocycles. The second-order valence-corrected chi connectivity index (χ2v) is 5.98. The van der Waals surface area contributed by atoms with Gasteiger partial charge in [-0.05, 0) is 37.4 Å². The van der Waals surface area contributed by atoms with E-state index in [0.717, 1.165) is 24.1 Å². The number of anilines is 1. The molecule has 126 valence electrons. The van der Waals surface area contributed by atoms with E-state index >= 15 is 0 Å². The first-order chi connectivity index (χ1) is 10.9. The molecule has 23 heavy (non-hydrogen) atoms. The maximum absolute atomic E-state index is 12.8. The number of halogens is 3. The van der Waals surface area contributed by atoms with E-state index in [2.05, 4.69) is 32.4 Å². The number of fused-ring (bicyclic) bond motifs is 1. The molecule has 1 aliphatic rings. The van der Waals surface area contributed by atoms with Crippen LogP contribution in [0.5, 0.6) is 0 Å². The molecular formula is C14H19F3N6. The molecule has 0 spiro atoms. The van der Waals surface area contributed by atoms with Gasteiger partial charge in [0.25, 0.3) is 5.82 Å². The average Bonchev–Trinajstić information content (AvgIpc) is 2.90. The van der Waals surface area contributed by atoms with Gasteiger partial charge in [-0.25, -0.2) is 0 Å². The van der Waals surface area contributed by atoms with Crippen LogP contribution in [0.1, 0.15) is 25.6 Å². The van der Waals surface area contributed by atoms with Gasteiger partial charge in [-0.3, -0.25) is 0 Å². The number of aromatic nitrogens is 4. The van der Waals surface area contributed by atoms with Gasteiger partial charge in [0.1, 0.15) is 5.82 Å². The van der Waals surface area contributed by atoms with Crippen molar-refractivity contribution >= 4 is 11.5 Å². The fourth-order valence-electron chi connectivity index (χ4n) is 2.89. The lowest BCUT2D eigenvalue weighted by Crippen LogP contribution is -2.37. The summed E-state index contributed by atoms with van der Waals surface area (Å²) in [5.41, 5.74) is 0.0766. The van der Waals surface area contributed by atoms with Gasteiger partial charge in [0.15, 0.2) is 5.65 Å². The van der Waals surface area contributed by atoms with Crippen LogP contribution in [0.15, 0.2) is 12.1 Å². The van der Waals surface area contributed by atoms with E-state index in [1.807, 2.05) is 0 Å². The maximum Gasteiger partial charge on any atom is 0.453 e. The van der Waals surface area contributed by atoms with Gasteiger partial charge in [0.2, 0.25) is 0 Å². The van der Waals surface area contributed by atoms with E-state index < -0.39 is 12.0 Å². The van der Waals surface area contributed by atoms with Gasteiger partial charge in [-0.15, -0.1) is 15.3 Å². The van der Waals surface area contributed by atoms with Gasteiger partial charge in [-0.1, -0.05) is 6.92 Å². The first-order valence-electron chi connectivity index (χ1n) is 7.69. The molecule has 1 saturated heterocycles. The smallest absolute Gasteiger partial charge is 0.367 e. The molecular weight excluding hydrogens is 309 g/mol. The molecule has 6 nitrogen and oxygen atoms in total. The molecule has 0 aromatic carbocycles. The van der Waals surface area contributed by atoms with E-state index in [1.165, 1.54) is 18.9 Å². The summed E-state index contributed by atoms with van der Waals surface area (Å²) in [6, 6.07) is 3.09. The quantitative estimate of drug-likeness (QED) is 0.933. The molecule has 2 aromatic heterocycles. The Kier molecular flexibility index (Phi) is 4.38. The third kappa shape index (κ3) is 3.72. The van der Waals surface area contributed by atoms with Gasteiger partial charge in [0, 0.05) is 19.6 Å². The number of rotatable bonds is 4. The first kappa shape index (κ1) is 16.0. The lowest BCUT2D eigenvalue weighted by atomic mass is 10.0. The van der Waals surface area contributed by atoms with Crippen LogP contribution < -0.4 is 5.32 Å². The average molecular weight is 328 g/mol. The SMILES string of the molecule is CC1CCCN(CCNc2ccc3nnc(C(F)(F)F)n3n2)C1. The zero-order chi connectivity index (χ0) is 16.4. The van der Waals surface area contributed by atoms with Crippen molar-refractivity contribution in [1.29, 1.82) is 0 Å². The maximum atomic E-state index is 12.8. The highest BCUT2D eigenvalue weighted by Crippen LogP contribution is 2.27. The molecule has 9 heteroatoms. The highest BCUT2D eigenvalue weighted by molar-refractivity contribution is 5.44. The van der Waals surface area contributed by atoms with Crippen molar-refractivity contribution < 1.29 is 13.2 Å². The van der Waals surface area contributed by atoms with Crippen LogP contribution in [-0.2, 0) is 6.18 Å². The van der Waals surface area contributed by atoms with Crippen LogP contribution in [-0.4, -0.2) is 50.9 Å². The third-order valence-electron chi connectivity index (χ3n) is 3.99. The summed E-state index contributed by atoms with van der Waals surface area (Å²) >= 11 is 0. The van der Waals surface area contributed by atoms with Crippen molar-refractivity contribution in [3.63, 3.8) is 0 Å². The second kappa shape index (κ2) is 6.31. The fourth-order valence-corrected chi connectivity index (χ4v) is 2.89. The summed E-state index contributed by atoms with van der Waals surface area (Å²) in [7, 11) is 0. The molecule has 0 aliphatic carbocycles. The summed E-state index contributed by atoms with van der Waals surface area (Å²) in [6.45, 7) is 5.85. The Balaban J connectivity index is 1.64. The minimum Gasteiger partial charge on any atom is -0.367 e. The Labute approximate surface area is 131 Å². The largest absolute Gasteiger partial charge is 0.453 e. The summed E-state index contributed by atoms with van der Waals surface area (Å²) in [4.78, 5) is 2.36. The van der Waals surface area contributed by atoms with Crippen LogP contribution >= 0.6 is 0 Å². The summed E-state index contributed by atoms with van der Waals surface area (Å²) in [6.07, 6.45) is -2.12. The zero-order valence-corrected chi connectivity index (χ0v) is 12.8. The predicted octanol–water partition coefficient (Wildman–Crippen LogP) is 2.29. The number of nitrogens with one attached hydrogen (secondary N) is 1. The van der Waals surface area contributed by atoms with E-state index in [0.29, 0.717) is 18.3 Å². The molecule has 3 heterocycles. The first-order valence-corrected chi connectivity index (χ1v) is 7.69. The van der Waals surface area contributed by atoms with Crippen LogP contribution in [0, 0.1) is 5.92 Å². The molecule has 0 bridgehead atoms. The number of alkyl halides is 3. The minimum absolute atomic E-state index is 0.0766. The highest BCUT2D eigenvalue weighted by Gasteiger charge is 2.37. The Bertz CT molecular complexity index is 668. The highest BCUT2D eigenvalue weighted by atomic mass is 19.4. The van der Waals surface area contributed by atoms with Gasteiger partial charge in [-0.2, -0.15) is 17.7 Å². The Morgan fingerprint density at radius 1 is 1.30 bits per heavy atom. The van der Waals surface area contributed by atoms with E-state index in [-0.39, 0.29) is 5.65 Å². The molecule has 1 fully saturated rings. The van der Waals surface area contributed by atoms with E-state index in [1.54, 1.807) is 6.07 Å². The van der Waals surface area contributed by atoms with Crippen LogP contribution in [0.2, 0.25) is 0 Å². The Hall–Kier alpha value is -1.90. The monoisotopic (exact) mass is 328 g/mol.